The monoisotopic (exact) mass is 329 g/mol. The molecule has 0 saturated heterocycles. The van der Waals surface area contributed by atoms with E-state index < -0.39 is 6.10 Å². The normalized spacial score (nSPS) is 20.6. The lowest BCUT2D eigenvalue weighted by atomic mass is 9.92. The zero-order valence-electron chi connectivity index (χ0n) is 13.8. The highest BCUT2D eigenvalue weighted by atomic mass is 16.5. The van der Waals surface area contributed by atoms with Crippen molar-refractivity contribution in [2.24, 2.45) is 0 Å². The Hall–Kier alpha value is -2.34. The number of benzene rings is 1. The van der Waals surface area contributed by atoms with E-state index in [1.54, 1.807) is 10.9 Å². The zero-order chi connectivity index (χ0) is 16.9. The van der Waals surface area contributed by atoms with E-state index in [1.165, 1.54) is 0 Å². The van der Waals surface area contributed by atoms with E-state index in [9.17, 15) is 9.90 Å². The topological polar surface area (TPSA) is 76.4 Å². The minimum atomic E-state index is -0.491. The van der Waals surface area contributed by atoms with Gasteiger partial charge in [-0.2, -0.15) is 5.10 Å². The van der Waals surface area contributed by atoms with E-state index in [0.29, 0.717) is 12.4 Å². The van der Waals surface area contributed by atoms with Gasteiger partial charge in [0, 0.05) is 0 Å². The molecule has 2 N–H and O–H groups in total. The molecule has 1 aromatic carbocycles. The fourth-order valence-electron chi connectivity index (χ4n) is 3.01. The summed E-state index contributed by atoms with van der Waals surface area (Å²) in [5, 5.41) is 17.3. The van der Waals surface area contributed by atoms with Gasteiger partial charge in [-0.1, -0.05) is 31.0 Å². The number of ether oxygens (including phenoxy) is 1. The second-order valence-electron chi connectivity index (χ2n) is 5.99. The lowest BCUT2D eigenvalue weighted by Gasteiger charge is -2.28. The van der Waals surface area contributed by atoms with E-state index in [0.717, 1.165) is 31.4 Å². The van der Waals surface area contributed by atoms with Crippen LogP contribution in [0.3, 0.4) is 0 Å². The number of rotatable bonds is 5. The highest BCUT2D eigenvalue weighted by Gasteiger charge is 2.27. The summed E-state index contributed by atoms with van der Waals surface area (Å²) in [6.45, 7) is 2.32. The fourth-order valence-corrected chi connectivity index (χ4v) is 3.01. The van der Waals surface area contributed by atoms with Crippen molar-refractivity contribution in [3.05, 3.63) is 42.2 Å². The lowest BCUT2D eigenvalue weighted by molar-refractivity contribution is 0.0711. The third kappa shape index (κ3) is 3.59. The standard InChI is InChI=1S/C18H23N3O3/c1-2-24-16-12-21(13-8-4-3-5-9-13)20-17(16)18(23)19-14-10-6-7-11-15(14)22/h3-5,8-9,12,14-15,22H,2,6-7,10-11H2,1H3,(H,19,23). The van der Waals surface area contributed by atoms with E-state index >= 15 is 0 Å². The van der Waals surface area contributed by atoms with Gasteiger partial charge in [-0.25, -0.2) is 4.68 Å². The molecule has 0 aliphatic heterocycles. The molecule has 1 aliphatic carbocycles. The van der Waals surface area contributed by atoms with E-state index in [1.807, 2.05) is 37.3 Å². The molecular formula is C18H23N3O3. The molecule has 24 heavy (non-hydrogen) atoms. The molecule has 0 bridgehead atoms. The maximum Gasteiger partial charge on any atom is 0.275 e. The van der Waals surface area contributed by atoms with Crippen LogP contribution in [0.25, 0.3) is 5.69 Å². The molecule has 1 saturated carbocycles. The number of aromatic nitrogens is 2. The predicted molar refractivity (Wildman–Crippen MR) is 90.5 cm³/mol. The number of amides is 1. The molecular weight excluding hydrogens is 306 g/mol. The molecule has 1 aromatic heterocycles. The van der Waals surface area contributed by atoms with Gasteiger partial charge in [-0.15, -0.1) is 0 Å². The largest absolute Gasteiger partial charge is 0.490 e. The molecule has 2 aromatic rings. The van der Waals surface area contributed by atoms with Crippen molar-refractivity contribution >= 4 is 5.91 Å². The number of carbonyl (C=O) groups is 1. The molecule has 0 spiro atoms. The summed E-state index contributed by atoms with van der Waals surface area (Å²) in [5.74, 6) is 0.142. The van der Waals surface area contributed by atoms with Crippen molar-refractivity contribution in [3.63, 3.8) is 0 Å². The van der Waals surface area contributed by atoms with Gasteiger partial charge in [0.25, 0.3) is 5.91 Å². The Kier molecular flexibility index (Phi) is 5.15. The summed E-state index contributed by atoms with van der Waals surface area (Å²) in [6.07, 6.45) is 4.75. The number of carbonyl (C=O) groups excluding carboxylic acids is 1. The van der Waals surface area contributed by atoms with Gasteiger partial charge in [-0.05, 0) is 31.9 Å². The maximum atomic E-state index is 12.6. The summed E-state index contributed by atoms with van der Waals surface area (Å²) < 4.78 is 7.21. The average Bonchev–Trinajstić information content (AvgIpc) is 3.02. The van der Waals surface area contributed by atoms with Crippen molar-refractivity contribution in [1.29, 1.82) is 0 Å². The number of nitrogens with zero attached hydrogens (tertiary/aromatic N) is 2. The third-order valence-electron chi connectivity index (χ3n) is 4.26. The van der Waals surface area contributed by atoms with Crippen LogP contribution in [-0.4, -0.2) is 39.5 Å². The Labute approximate surface area is 141 Å². The van der Waals surface area contributed by atoms with Crippen LogP contribution in [0.4, 0.5) is 0 Å². The van der Waals surface area contributed by atoms with Crippen LogP contribution < -0.4 is 10.1 Å². The van der Waals surface area contributed by atoms with Crippen LogP contribution in [-0.2, 0) is 0 Å². The summed E-state index contributed by atoms with van der Waals surface area (Å²) >= 11 is 0. The van der Waals surface area contributed by atoms with Crippen molar-refractivity contribution in [2.75, 3.05) is 6.61 Å². The second kappa shape index (κ2) is 7.49. The van der Waals surface area contributed by atoms with Crippen molar-refractivity contribution in [2.45, 2.75) is 44.8 Å². The summed E-state index contributed by atoms with van der Waals surface area (Å²) in [4.78, 5) is 12.6. The van der Waals surface area contributed by atoms with Gasteiger partial charge in [0.1, 0.15) is 0 Å². The number of aliphatic hydroxyl groups excluding tert-OH is 1. The number of hydrogen-bond donors (Lipinski definition) is 2. The van der Waals surface area contributed by atoms with Gasteiger partial charge >= 0.3 is 0 Å². The minimum Gasteiger partial charge on any atom is -0.490 e. The summed E-state index contributed by atoms with van der Waals surface area (Å²) in [5.41, 5.74) is 1.11. The molecule has 1 fully saturated rings. The molecule has 0 radical (unpaired) electrons. The van der Waals surface area contributed by atoms with Crippen molar-refractivity contribution < 1.29 is 14.6 Å². The molecule has 2 unspecified atom stereocenters. The first kappa shape index (κ1) is 16.5. The molecule has 6 nitrogen and oxygen atoms in total. The van der Waals surface area contributed by atoms with Crippen LogP contribution in [0.2, 0.25) is 0 Å². The first-order chi connectivity index (χ1) is 11.7. The number of para-hydroxylation sites is 1. The molecule has 1 heterocycles. The molecule has 1 amide bonds. The van der Waals surface area contributed by atoms with Gasteiger partial charge in [-0.3, -0.25) is 4.79 Å². The smallest absolute Gasteiger partial charge is 0.275 e. The van der Waals surface area contributed by atoms with Gasteiger partial charge in [0.2, 0.25) is 0 Å². The summed E-state index contributed by atoms with van der Waals surface area (Å²) in [6, 6.07) is 9.35. The van der Waals surface area contributed by atoms with E-state index in [-0.39, 0.29) is 17.6 Å². The van der Waals surface area contributed by atoms with E-state index in [4.69, 9.17) is 4.74 Å². The Balaban J connectivity index is 1.82. The van der Waals surface area contributed by atoms with Crippen LogP contribution >= 0.6 is 0 Å². The molecule has 3 rings (SSSR count). The van der Waals surface area contributed by atoms with Crippen LogP contribution in [0.1, 0.15) is 43.1 Å². The summed E-state index contributed by atoms with van der Waals surface area (Å²) in [7, 11) is 0. The SMILES string of the molecule is CCOc1cn(-c2ccccc2)nc1C(=O)NC1CCCCC1O. The molecule has 1 aliphatic rings. The predicted octanol–water partition coefficient (Wildman–Crippen LogP) is 2.30. The van der Waals surface area contributed by atoms with Gasteiger partial charge < -0.3 is 15.2 Å². The number of nitrogens with one attached hydrogen (secondary N) is 1. The Bertz CT molecular complexity index is 684. The third-order valence-corrected chi connectivity index (χ3v) is 4.26. The van der Waals surface area contributed by atoms with Crippen LogP contribution in [0.15, 0.2) is 36.5 Å². The van der Waals surface area contributed by atoms with E-state index in [2.05, 4.69) is 10.4 Å². The maximum absolute atomic E-state index is 12.6. The van der Waals surface area contributed by atoms with Gasteiger partial charge in [0.05, 0.1) is 30.6 Å². The van der Waals surface area contributed by atoms with Crippen molar-refractivity contribution in [1.82, 2.24) is 15.1 Å². The average molecular weight is 329 g/mol. The van der Waals surface area contributed by atoms with Crippen LogP contribution in [0.5, 0.6) is 5.75 Å². The lowest BCUT2D eigenvalue weighted by Crippen LogP contribution is -2.45. The molecule has 6 heteroatoms. The highest BCUT2D eigenvalue weighted by Crippen LogP contribution is 2.22. The first-order valence-corrected chi connectivity index (χ1v) is 8.46. The quantitative estimate of drug-likeness (QED) is 0.882. The molecule has 2 atom stereocenters. The van der Waals surface area contributed by atoms with Gasteiger partial charge in [0.15, 0.2) is 11.4 Å². The Morgan fingerprint density at radius 1 is 1.33 bits per heavy atom. The first-order valence-electron chi connectivity index (χ1n) is 8.46. The highest BCUT2D eigenvalue weighted by molar-refractivity contribution is 5.95. The Morgan fingerprint density at radius 3 is 2.79 bits per heavy atom. The zero-order valence-corrected chi connectivity index (χ0v) is 13.8. The van der Waals surface area contributed by atoms with Crippen molar-refractivity contribution in [3.8, 4) is 11.4 Å². The minimum absolute atomic E-state index is 0.220. The number of aliphatic hydroxyl groups is 1. The fraction of sp³-hybridized carbons (Fsp3) is 0.444. The molecule has 128 valence electrons. The second-order valence-corrected chi connectivity index (χ2v) is 5.99. The van der Waals surface area contributed by atoms with Crippen LogP contribution in [0, 0.1) is 0 Å². The number of hydrogen-bond acceptors (Lipinski definition) is 4. The Morgan fingerprint density at radius 2 is 2.08 bits per heavy atom.